The van der Waals surface area contributed by atoms with Crippen LogP contribution in [0.2, 0.25) is 18.6 Å². The molecule has 0 aliphatic carbocycles. The van der Waals surface area contributed by atoms with E-state index >= 15 is 0 Å². The third kappa shape index (κ3) is 6.09. The average molecular weight is 633 g/mol. The van der Waals surface area contributed by atoms with Crippen LogP contribution < -0.4 is 15.5 Å². The van der Waals surface area contributed by atoms with Crippen LogP contribution in [0.4, 0.5) is 11.4 Å². The second-order valence-corrected chi connectivity index (χ2v) is 17.2. The Bertz CT molecular complexity index is 1520. The van der Waals surface area contributed by atoms with Gasteiger partial charge in [0.15, 0.2) is 13.9 Å². The van der Waals surface area contributed by atoms with Crippen molar-refractivity contribution in [1.82, 2.24) is 20.3 Å². The van der Waals surface area contributed by atoms with Crippen molar-refractivity contribution in [1.29, 1.82) is 0 Å². The van der Waals surface area contributed by atoms with E-state index in [-0.39, 0.29) is 41.9 Å². The third-order valence-corrected chi connectivity index (χ3v) is 12.2. The summed E-state index contributed by atoms with van der Waals surface area (Å²) in [7, 11) is -2.78. The van der Waals surface area contributed by atoms with Crippen molar-refractivity contribution in [2.75, 3.05) is 29.9 Å². The maximum atomic E-state index is 14.6. The van der Waals surface area contributed by atoms with Crippen molar-refractivity contribution >= 4 is 31.5 Å². The Morgan fingerprint density at radius 3 is 2.69 bits per heavy atom. The highest BCUT2D eigenvalue weighted by atomic mass is 28.4. The summed E-state index contributed by atoms with van der Waals surface area (Å²) >= 11 is 0. The number of amides is 2. The number of aryl methyl sites for hydroxylation is 1. The van der Waals surface area contributed by atoms with Crippen LogP contribution >= 0.6 is 0 Å². The smallest absolute Gasteiger partial charge is 0.264 e. The van der Waals surface area contributed by atoms with Gasteiger partial charge in [-0.1, -0.05) is 42.5 Å². The van der Waals surface area contributed by atoms with Crippen molar-refractivity contribution < 1.29 is 24.2 Å². The first-order chi connectivity index (χ1) is 21.6. The minimum absolute atomic E-state index is 0.00784. The van der Waals surface area contributed by atoms with Crippen molar-refractivity contribution in [2.45, 2.75) is 76.0 Å². The fourth-order valence-corrected chi connectivity index (χ4v) is 10.2. The first kappa shape index (κ1) is 31.6. The van der Waals surface area contributed by atoms with Crippen LogP contribution in [0.15, 0.2) is 54.7 Å². The number of aliphatic hydroxyl groups is 1. The van der Waals surface area contributed by atoms with Gasteiger partial charge in [0, 0.05) is 55.0 Å². The maximum Gasteiger partial charge on any atom is 0.264 e. The Labute approximate surface area is 265 Å². The number of hydrogen-bond acceptors (Lipinski definition) is 8. The number of para-hydroxylation sites is 1. The van der Waals surface area contributed by atoms with E-state index in [9.17, 15) is 19.5 Å². The van der Waals surface area contributed by atoms with Gasteiger partial charge in [-0.05, 0) is 62.7 Å². The zero-order valence-electron chi connectivity index (χ0n) is 26.3. The van der Waals surface area contributed by atoms with Crippen LogP contribution in [-0.4, -0.2) is 70.8 Å². The van der Waals surface area contributed by atoms with Gasteiger partial charge in [0.05, 0.1) is 29.9 Å². The number of hydrogen-bond donors (Lipinski definition) is 4. The number of aliphatic hydroxyl groups excluding tert-OH is 1. The fraction of sp³-hybridized carbons (Fsp3) is 0.515. The van der Waals surface area contributed by atoms with Gasteiger partial charge in [0.1, 0.15) is 0 Å². The molecule has 11 nitrogen and oxygen atoms in total. The van der Waals surface area contributed by atoms with E-state index in [4.69, 9.17) is 4.74 Å². The van der Waals surface area contributed by atoms with E-state index in [1.165, 1.54) is 0 Å². The third-order valence-electron chi connectivity index (χ3n) is 9.72. The van der Waals surface area contributed by atoms with E-state index in [2.05, 4.69) is 20.9 Å². The Balaban J connectivity index is 1.22. The van der Waals surface area contributed by atoms with Gasteiger partial charge < -0.3 is 30.2 Å². The number of benzene rings is 2. The largest absolute Gasteiger partial charge is 0.432 e. The predicted octanol–water partition coefficient (Wildman–Crippen LogP) is 3.19. The highest BCUT2D eigenvalue weighted by Gasteiger charge is 2.66. The van der Waals surface area contributed by atoms with Gasteiger partial charge >= 0.3 is 0 Å². The summed E-state index contributed by atoms with van der Waals surface area (Å²) in [5, 5.41) is 23.9. The van der Waals surface area contributed by atoms with Crippen molar-refractivity contribution in [3.63, 3.8) is 0 Å². The topological polar surface area (TPSA) is 142 Å². The number of ether oxygens (including phenoxy) is 1. The number of aromatic nitrogens is 3. The number of fused-ring (bicyclic) bond motifs is 2. The van der Waals surface area contributed by atoms with Crippen LogP contribution in [0, 0.1) is 11.8 Å². The maximum absolute atomic E-state index is 14.6. The second-order valence-electron chi connectivity index (χ2n) is 13.2. The molecular formula is C33H44N6O5Si. The van der Waals surface area contributed by atoms with Gasteiger partial charge in [0.25, 0.3) is 5.91 Å². The molecule has 2 saturated heterocycles. The Kier molecular flexibility index (Phi) is 8.95. The normalized spacial score (nSPS) is 26.4. The number of carbonyl (C=O) groups excluding carboxylic acids is 2. The predicted molar refractivity (Wildman–Crippen MR) is 173 cm³/mol. The fourth-order valence-electron chi connectivity index (χ4n) is 7.59. The standard InChI is InChI=1S/C33H44N6O5Si/c1-22-30(45(2,3)43)29(14-17-38-21-26(15-18-40)36-37-38)44-33(22)27-8-4-5-9-28(27)39(32(33)42)20-23-10-12-25(13-11-23)35-31(41)24-7-6-16-34-19-24/h4-5,8-13,21-22,24,29-30,34,40,43H,6-7,14-20H2,1-3H3,(H,35,41)/t22-,24?,29+,30-,33+/m1/s1. The van der Waals surface area contributed by atoms with Crippen molar-refractivity contribution in [2.24, 2.45) is 11.8 Å². The highest BCUT2D eigenvalue weighted by molar-refractivity contribution is 6.71. The van der Waals surface area contributed by atoms with Crippen molar-refractivity contribution in [3.05, 3.63) is 71.5 Å². The summed E-state index contributed by atoms with van der Waals surface area (Å²) in [5.41, 5.74) is 2.66. The molecule has 3 aliphatic heterocycles. The molecule has 1 unspecified atom stereocenters. The molecule has 2 aromatic carbocycles. The molecule has 0 radical (unpaired) electrons. The van der Waals surface area contributed by atoms with Crippen LogP contribution in [0.25, 0.3) is 0 Å². The quantitative estimate of drug-likeness (QED) is 0.250. The minimum atomic E-state index is -2.78. The highest BCUT2D eigenvalue weighted by Crippen LogP contribution is 2.59. The number of rotatable bonds is 10. The second kappa shape index (κ2) is 12.8. The van der Waals surface area contributed by atoms with Crippen LogP contribution in [0.5, 0.6) is 0 Å². The molecule has 3 aromatic rings. The van der Waals surface area contributed by atoms with E-state index in [1.807, 2.05) is 74.7 Å². The van der Waals surface area contributed by atoms with Crippen LogP contribution in [-0.2, 0) is 39.4 Å². The number of carbonyl (C=O) groups is 2. The molecule has 2 fully saturated rings. The van der Waals surface area contributed by atoms with E-state index < -0.39 is 13.9 Å². The monoisotopic (exact) mass is 632 g/mol. The molecule has 5 atom stereocenters. The lowest BCUT2D eigenvalue weighted by atomic mass is 9.82. The summed E-state index contributed by atoms with van der Waals surface area (Å²) in [6, 6.07) is 15.5. The number of piperidine rings is 1. The molecule has 240 valence electrons. The average Bonchev–Trinajstić information content (AvgIpc) is 3.67. The SMILES string of the molecule is C[C@@H]1[C@@H]([Si](C)(C)O)[C@H](CCn2cc(CCO)nn2)O[C@@]12C(=O)N(Cc1ccc(NC(=O)C3CCCNC3)cc1)c1ccccc12. The molecule has 0 bridgehead atoms. The summed E-state index contributed by atoms with van der Waals surface area (Å²) in [4.78, 5) is 40.6. The van der Waals surface area contributed by atoms with Crippen molar-refractivity contribution in [3.8, 4) is 0 Å². The van der Waals surface area contributed by atoms with Crippen LogP contribution in [0.1, 0.15) is 43.0 Å². The lowest BCUT2D eigenvalue weighted by molar-refractivity contribution is -0.146. The first-order valence-electron chi connectivity index (χ1n) is 16.0. The van der Waals surface area contributed by atoms with Gasteiger partial charge in [-0.3, -0.25) is 14.3 Å². The Morgan fingerprint density at radius 2 is 1.98 bits per heavy atom. The molecule has 4 N–H and O–H groups in total. The first-order valence-corrected chi connectivity index (χ1v) is 19.1. The molecule has 0 saturated carbocycles. The van der Waals surface area contributed by atoms with E-state index in [0.717, 1.165) is 47.6 Å². The van der Waals surface area contributed by atoms with Crippen LogP contribution in [0.3, 0.4) is 0 Å². The lowest BCUT2D eigenvalue weighted by Gasteiger charge is -2.32. The Morgan fingerprint density at radius 1 is 1.20 bits per heavy atom. The Hall–Kier alpha value is -3.42. The van der Waals surface area contributed by atoms with Gasteiger partial charge in [-0.2, -0.15) is 0 Å². The zero-order valence-corrected chi connectivity index (χ0v) is 27.3. The molecule has 12 heteroatoms. The van der Waals surface area contributed by atoms with Gasteiger partial charge in [-0.25, -0.2) is 0 Å². The van der Waals surface area contributed by atoms with Gasteiger partial charge in [0.2, 0.25) is 5.91 Å². The molecule has 4 heterocycles. The summed E-state index contributed by atoms with van der Waals surface area (Å²) < 4.78 is 8.63. The summed E-state index contributed by atoms with van der Waals surface area (Å²) in [5.74, 6) is -0.362. The number of anilines is 2. The minimum Gasteiger partial charge on any atom is -0.432 e. The molecule has 3 aliphatic rings. The molecule has 6 rings (SSSR count). The molecular weight excluding hydrogens is 588 g/mol. The lowest BCUT2D eigenvalue weighted by Crippen LogP contribution is -2.46. The number of nitrogens with one attached hydrogen (secondary N) is 2. The van der Waals surface area contributed by atoms with E-state index in [1.54, 1.807) is 9.58 Å². The van der Waals surface area contributed by atoms with E-state index in [0.29, 0.717) is 32.5 Å². The summed E-state index contributed by atoms with van der Waals surface area (Å²) in [6.07, 6.45) is 4.36. The van der Waals surface area contributed by atoms with Gasteiger partial charge in [-0.15, -0.1) is 5.10 Å². The summed E-state index contributed by atoms with van der Waals surface area (Å²) in [6.45, 7) is 8.43. The molecule has 1 spiro atoms. The molecule has 2 amide bonds. The molecule has 45 heavy (non-hydrogen) atoms. The zero-order chi connectivity index (χ0) is 31.8. The number of nitrogens with zero attached hydrogens (tertiary/aromatic N) is 4. The molecule has 1 aromatic heterocycles.